The van der Waals surface area contributed by atoms with E-state index in [2.05, 4.69) is 31.2 Å². The monoisotopic (exact) mass is 357 g/mol. The Balaban J connectivity index is 2.37. The third-order valence-electron chi connectivity index (χ3n) is 2.65. The van der Waals surface area contributed by atoms with E-state index >= 15 is 0 Å². The molecule has 0 aliphatic rings. The van der Waals surface area contributed by atoms with E-state index in [1.54, 1.807) is 7.05 Å². The van der Waals surface area contributed by atoms with E-state index in [9.17, 15) is 8.78 Å². The van der Waals surface area contributed by atoms with Gasteiger partial charge in [-0.1, -0.05) is 22.9 Å². The van der Waals surface area contributed by atoms with Crippen LogP contribution in [0.3, 0.4) is 0 Å². The van der Waals surface area contributed by atoms with E-state index in [4.69, 9.17) is 4.74 Å². The quantitative estimate of drug-likeness (QED) is 0.810. The Morgan fingerprint density at radius 1 is 1.24 bits per heavy atom. The van der Waals surface area contributed by atoms with E-state index in [0.29, 0.717) is 22.5 Å². The molecule has 0 spiro atoms. The van der Waals surface area contributed by atoms with E-state index in [0.717, 1.165) is 12.5 Å². The minimum absolute atomic E-state index is 0.161. The van der Waals surface area contributed by atoms with E-state index in [-0.39, 0.29) is 11.6 Å². The van der Waals surface area contributed by atoms with Crippen molar-refractivity contribution < 1.29 is 13.5 Å². The first-order valence-corrected chi connectivity index (χ1v) is 7.21. The number of nitrogens with one attached hydrogen (secondary N) is 1. The van der Waals surface area contributed by atoms with Crippen LogP contribution in [0.2, 0.25) is 0 Å². The topological polar surface area (TPSA) is 47.0 Å². The fraction of sp³-hybridized carbons (Fsp3) is 0.286. The molecule has 7 heteroatoms. The van der Waals surface area contributed by atoms with Crippen LogP contribution in [0.5, 0.6) is 11.6 Å². The van der Waals surface area contributed by atoms with E-state index in [1.807, 2.05) is 6.92 Å². The van der Waals surface area contributed by atoms with E-state index in [1.165, 1.54) is 12.1 Å². The predicted molar refractivity (Wildman–Crippen MR) is 79.7 cm³/mol. The zero-order valence-corrected chi connectivity index (χ0v) is 13.2. The standard InChI is InChI=1S/C14H14BrF2N3O/c1-3-4-11-19-12(18-2)7-13(20-11)21-10-6-8(15)5-9(16)14(10)17/h5-7H,3-4H2,1-2H3,(H,18,19,20). The van der Waals surface area contributed by atoms with Gasteiger partial charge >= 0.3 is 0 Å². The lowest BCUT2D eigenvalue weighted by Gasteiger charge is -2.10. The molecule has 4 nitrogen and oxygen atoms in total. The van der Waals surface area contributed by atoms with Gasteiger partial charge in [-0.15, -0.1) is 0 Å². The molecular weight excluding hydrogens is 344 g/mol. The number of ether oxygens (including phenoxy) is 1. The summed E-state index contributed by atoms with van der Waals surface area (Å²) in [6.07, 6.45) is 1.54. The number of hydrogen-bond acceptors (Lipinski definition) is 4. The van der Waals surface area contributed by atoms with Gasteiger partial charge in [-0.2, -0.15) is 9.37 Å². The average molecular weight is 358 g/mol. The Morgan fingerprint density at radius 2 is 2.00 bits per heavy atom. The molecule has 2 rings (SSSR count). The van der Waals surface area contributed by atoms with Crippen LogP contribution in [-0.2, 0) is 6.42 Å². The second-order valence-corrected chi connectivity index (χ2v) is 5.23. The first-order chi connectivity index (χ1) is 10.0. The number of benzene rings is 1. The molecule has 0 aliphatic carbocycles. The fourth-order valence-electron chi connectivity index (χ4n) is 1.71. The van der Waals surface area contributed by atoms with Gasteiger partial charge in [-0.05, 0) is 18.6 Å². The van der Waals surface area contributed by atoms with Gasteiger partial charge in [0.05, 0.1) is 0 Å². The number of nitrogens with zero attached hydrogens (tertiary/aromatic N) is 2. The first-order valence-electron chi connectivity index (χ1n) is 6.41. The molecule has 0 aliphatic heterocycles. The third-order valence-corrected chi connectivity index (χ3v) is 3.11. The van der Waals surface area contributed by atoms with Gasteiger partial charge < -0.3 is 10.1 Å². The van der Waals surface area contributed by atoms with Crippen molar-refractivity contribution in [2.45, 2.75) is 19.8 Å². The van der Waals surface area contributed by atoms with Crippen molar-refractivity contribution in [2.24, 2.45) is 0 Å². The van der Waals surface area contributed by atoms with Crippen LogP contribution in [0, 0.1) is 11.6 Å². The molecule has 0 bridgehead atoms. The molecule has 2 aromatic rings. The maximum atomic E-state index is 13.7. The zero-order valence-electron chi connectivity index (χ0n) is 11.6. The number of aryl methyl sites for hydroxylation is 1. The Morgan fingerprint density at radius 3 is 2.67 bits per heavy atom. The first kappa shape index (κ1) is 15.6. The van der Waals surface area contributed by atoms with Gasteiger partial charge in [0.2, 0.25) is 11.7 Å². The van der Waals surface area contributed by atoms with Crippen molar-refractivity contribution >= 4 is 21.7 Å². The normalized spacial score (nSPS) is 10.5. The number of rotatable bonds is 5. The third kappa shape index (κ3) is 3.87. The SMILES string of the molecule is CCCc1nc(NC)cc(Oc2cc(Br)cc(F)c2F)n1. The van der Waals surface area contributed by atoms with Crippen molar-refractivity contribution in [1.82, 2.24) is 9.97 Å². The molecule has 1 N–H and O–H groups in total. The smallest absolute Gasteiger partial charge is 0.224 e. The highest BCUT2D eigenvalue weighted by atomic mass is 79.9. The highest BCUT2D eigenvalue weighted by molar-refractivity contribution is 9.10. The predicted octanol–water partition coefficient (Wildman–Crippen LogP) is 4.30. The maximum Gasteiger partial charge on any atom is 0.224 e. The summed E-state index contributed by atoms with van der Waals surface area (Å²) in [5.41, 5.74) is 0. The highest BCUT2D eigenvalue weighted by Gasteiger charge is 2.14. The average Bonchev–Trinajstić information content (AvgIpc) is 2.44. The molecule has 0 fully saturated rings. The van der Waals surface area contributed by atoms with Crippen molar-refractivity contribution in [3.05, 3.63) is 40.1 Å². The van der Waals surface area contributed by atoms with Crippen molar-refractivity contribution in [1.29, 1.82) is 0 Å². The molecule has 21 heavy (non-hydrogen) atoms. The summed E-state index contributed by atoms with van der Waals surface area (Å²) >= 11 is 3.10. The number of anilines is 1. The molecular formula is C14H14BrF2N3O. The summed E-state index contributed by atoms with van der Waals surface area (Å²) < 4.78 is 32.8. The lowest BCUT2D eigenvalue weighted by Crippen LogP contribution is -2.02. The van der Waals surface area contributed by atoms with Crippen LogP contribution < -0.4 is 10.1 Å². The molecule has 0 atom stereocenters. The second-order valence-electron chi connectivity index (χ2n) is 4.31. The summed E-state index contributed by atoms with van der Waals surface area (Å²) in [7, 11) is 1.71. The Labute approximate surface area is 129 Å². The lowest BCUT2D eigenvalue weighted by molar-refractivity contribution is 0.403. The van der Waals surface area contributed by atoms with Crippen LogP contribution in [0.4, 0.5) is 14.6 Å². The van der Waals surface area contributed by atoms with Crippen LogP contribution >= 0.6 is 15.9 Å². The van der Waals surface area contributed by atoms with Crippen LogP contribution in [0.25, 0.3) is 0 Å². The van der Waals surface area contributed by atoms with Crippen molar-refractivity contribution in [3.8, 4) is 11.6 Å². The molecule has 0 radical (unpaired) electrons. The van der Waals surface area contributed by atoms with Crippen LogP contribution in [0.1, 0.15) is 19.2 Å². The maximum absolute atomic E-state index is 13.7. The largest absolute Gasteiger partial charge is 0.436 e. The summed E-state index contributed by atoms with van der Waals surface area (Å²) in [4.78, 5) is 8.45. The summed E-state index contributed by atoms with van der Waals surface area (Å²) in [5, 5.41) is 2.88. The van der Waals surface area contributed by atoms with Gasteiger partial charge in [0.15, 0.2) is 11.6 Å². The molecule has 0 saturated carbocycles. The van der Waals surface area contributed by atoms with Gasteiger partial charge in [-0.3, -0.25) is 0 Å². The number of aromatic nitrogens is 2. The number of halogens is 3. The Bertz CT molecular complexity index is 652. The van der Waals surface area contributed by atoms with Gasteiger partial charge in [0.1, 0.15) is 11.6 Å². The number of hydrogen-bond donors (Lipinski definition) is 1. The summed E-state index contributed by atoms with van der Waals surface area (Å²) in [6.45, 7) is 2.00. The second kappa shape index (κ2) is 6.80. The van der Waals surface area contributed by atoms with Crippen molar-refractivity contribution in [2.75, 3.05) is 12.4 Å². The zero-order chi connectivity index (χ0) is 15.4. The minimum atomic E-state index is -1.06. The van der Waals surface area contributed by atoms with Gasteiger partial charge in [0, 0.05) is 24.0 Å². The summed E-state index contributed by atoms with van der Waals surface area (Å²) in [5.74, 6) is -0.982. The van der Waals surface area contributed by atoms with Gasteiger partial charge in [0.25, 0.3) is 0 Å². The van der Waals surface area contributed by atoms with Crippen LogP contribution in [0.15, 0.2) is 22.7 Å². The van der Waals surface area contributed by atoms with Gasteiger partial charge in [-0.25, -0.2) is 9.37 Å². The molecule has 0 saturated heterocycles. The molecule has 1 aromatic carbocycles. The fourth-order valence-corrected chi connectivity index (χ4v) is 2.12. The molecule has 1 heterocycles. The molecule has 1 aromatic heterocycles. The molecule has 0 amide bonds. The molecule has 0 unspecified atom stereocenters. The lowest BCUT2D eigenvalue weighted by atomic mass is 10.3. The molecule has 112 valence electrons. The summed E-state index contributed by atoms with van der Waals surface area (Å²) in [6, 6.07) is 3.90. The minimum Gasteiger partial charge on any atom is -0.436 e. The van der Waals surface area contributed by atoms with Crippen LogP contribution in [-0.4, -0.2) is 17.0 Å². The Hall–Kier alpha value is -1.76. The Kier molecular flexibility index (Phi) is 5.06. The highest BCUT2D eigenvalue weighted by Crippen LogP contribution is 2.29. The van der Waals surface area contributed by atoms with E-state index < -0.39 is 11.6 Å². The van der Waals surface area contributed by atoms with Crippen molar-refractivity contribution in [3.63, 3.8) is 0 Å².